The first-order valence-corrected chi connectivity index (χ1v) is 5.74. The number of nitrogens with two attached hydrogens (primary N) is 1. The topological polar surface area (TPSA) is 187 Å². The molecule has 10 nitrogen and oxygen atoms in total. The van der Waals surface area contributed by atoms with E-state index >= 15 is 0 Å². The molecule has 13 heteroatoms. The van der Waals surface area contributed by atoms with Gasteiger partial charge in [0.15, 0.2) is 0 Å². The quantitative estimate of drug-likeness (QED) is 0.314. The predicted molar refractivity (Wildman–Crippen MR) is 65.2 cm³/mol. The van der Waals surface area contributed by atoms with Crippen molar-refractivity contribution >= 4 is 23.8 Å². The van der Waals surface area contributed by atoms with Crippen molar-refractivity contribution in [3.63, 3.8) is 0 Å². The molecule has 0 aromatic rings. The van der Waals surface area contributed by atoms with Crippen LogP contribution in [0.25, 0.3) is 0 Å². The Labute approximate surface area is 126 Å². The van der Waals surface area contributed by atoms with E-state index in [4.69, 9.17) is 31.0 Å². The smallest absolute Gasteiger partial charge is 0.480 e. The second-order valence-electron chi connectivity index (χ2n) is 3.93. The molecule has 0 spiro atoms. The average Bonchev–Trinajstić information content (AvgIpc) is 2.41. The van der Waals surface area contributed by atoms with Gasteiger partial charge < -0.3 is 31.5 Å². The normalized spacial score (nSPS) is 13.1. The molecule has 1 amide bonds. The van der Waals surface area contributed by atoms with Crippen LogP contribution < -0.4 is 11.1 Å². The van der Waals surface area contributed by atoms with Crippen molar-refractivity contribution in [3.8, 4) is 0 Å². The van der Waals surface area contributed by atoms with Crippen LogP contribution in [0.3, 0.4) is 0 Å². The van der Waals surface area contributed by atoms with E-state index in [0.29, 0.717) is 0 Å². The number of alkyl halides is 3. The number of nitrogens with one attached hydrogen (secondary N) is 1. The summed E-state index contributed by atoms with van der Waals surface area (Å²) in [5, 5.41) is 34.7. The minimum Gasteiger partial charge on any atom is -0.480 e. The summed E-state index contributed by atoms with van der Waals surface area (Å²) in [6, 6.07) is -2.54. The van der Waals surface area contributed by atoms with Crippen LogP contribution in [0.2, 0.25) is 0 Å². The third kappa shape index (κ3) is 11.9. The van der Waals surface area contributed by atoms with Crippen molar-refractivity contribution in [2.75, 3.05) is 6.61 Å². The molecule has 0 unspecified atom stereocenters. The van der Waals surface area contributed by atoms with Crippen molar-refractivity contribution in [2.24, 2.45) is 5.73 Å². The molecule has 7 N–H and O–H groups in total. The number of aliphatic hydroxyl groups is 1. The van der Waals surface area contributed by atoms with Crippen molar-refractivity contribution in [3.05, 3.63) is 0 Å². The van der Waals surface area contributed by atoms with E-state index in [1.165, 1.54) is 0 Å². The molecule has 0 aliphatic carbocycles. The molecule has 0 saturated heterocycles. The molecule has 23 heavy (non-hydrogen) atoms. The van der Waals surface area contributed by atoms with Crippen LogP contribution >= 0.6 is 0 Å². The van der Waals surface area contributed by atoms with Gasteiger partial charge in [0.2, 0.25) is 5.91 Å². The van der Waals surface area contributed by atoms with Crippen LogP contribution in [-0.2, 0) is 19.2 Å². The van der Waals surface area contributed by atoms with Gasteiger partial charge in [-0.15, -0.1) is 0 Å². The minimum absolute atomic E-state index is 0.0983. The zero-order valence-electron chi connectivity index (χ0n) is 11.4. The second kappa shape index (κ2) is 10.3. The predicted octanol–water partition coefficient (Wildman–Crippen LogP) is -1.63. The molecule has 2 atom stereocenters. The van der Waals surface area contributed by atoms with Crippen molar-refractivity contribution in [2.45, 2.75) is 31.1 Å². The minimum atomic E-state index is -5.08. The Kier molecular flexibility index (Phi) is 10.3. The van der Waals surface area contributed by atoms with E-state index in [1.54, 1.807) is 0 Å². The van der Waals surface area contributed by atoms with Crippen molar-refractivity contribution in [1.82, 2.24) is 5.32 Å². The number of hydrogen-bond acceptors (Lipinski definition) is 6. The number of hydrogen-bond donors (Lipinski definition) is 6. The van der Waals surface area contributed by atoms with Crippen LogP contribution in [0.5, 0.6) is 0 Å². The lowest BCUT2D eigenvalue weighted by Gasteiger charge is -2.12. The monoisotopic (exact) mass is 348 g/mol. The van der Waals surface area contributed by atoms with Gasteiger partial charge >= 0.3 is 24.1 Å². The van der Waals surface area contributed by atoms with Crippen LogP contribution in [-0.4, -0.2) is 69.1 Å². The maximum Gasteiger partial charge on any atom is 0.490 e. The number of rotatable bonds is 7. The maximum absolute atomic E-state index is 11.1. The average molecular weight is 348 g/mol. The lowest BCUT2D eigenvalue weighted by atomic mass is 10.1. The number of aliphatic carboxylic acids is 3. The van der Waals surface area contributed by atoms with Gasteiger partial charge in [0.1, 0.15) is 12.1 Å². The van der Waals surface area contributed by atoms with Gasteiger partial charge in [0.05, 0.1) is 6.61 Å². The number of carboxylic acid groups (broad SMARTS) is 3. The molecule has 0 radical (unpaired) electrons. The molecule has 0 aromatic heterocycles. The molecule has 0 saturated carbocycles. The van der Waals surface area contributed by atoms with Gasteiger partial charge in [0.25, 0.3) is 0 Å². The highest BCUT2D eigenvalue weighted by Gasteiger charge is 2.38. The number of aliphatic hydroxyl groups excluding tert-OH is 1. The van der Waals surface area contributed by atoms with Gasteiger partial charge in [-0.2, -0.15) is 13.2 Å². The summed E-state index contributed by atoms with van der Waals surface area (Å²) in [5.41, 5.74) is 5.14. The van der Waals surface area contributed by atoms with Crippen LogP contribution in [0.15, 0.2) is 0 Å². The fraction of sp³-hybridized carbons (Fsp3) is 0.600. The van der Waals surface area contributed by atoms with Crippen LogP contribution in [0, 0.1) is 0 Å². The molecule has 0 fully saturated rings. The number of halogens is 3. The van der Waals surface area contributed by atoms with Gasteiger partial charge in [-0.1, -0.05) is 0 Å². The van der Waals surface area contributed by atoms with E-state index < -0.39 is 48.7 Å². The third-order valence-electron chi connectivity index (χ3n) is 2.06. The summed E-state index contributed by atoms with van der Waals surface area (Å²) in [5.74, 6) is -6.02. The summed E-state index contributed by atoms with van der Waals surface area (Å²) in [7, 11) is 0. The van der Waals surface area contributed by atoms with Gasteiger partial charge in [-0.25, -0.2) is 9.59 Å². The number of carbonyl (C=O) groups is 4. The Balaban J connectivity index is 0. The zero-order valence-corrected chi connectivity index (χ0v) is 11.4. The highest BCUT2D eigenvalue weighted by Crippen LogP contribution is 2.13. The Morgan fingerprint density at radius 2 is 1.48 bits per heavy atom. The Hall–Kier alpha value is -2.41. The standard InChI is InChI=1S/C8H14N2O6.C2HF3O2/c9-4(7(13)14)1-2-6(12)10-5(3-11)8(15)16;3-2(4,5)1(6)7/h4-5,11H,1-3,9H2,(H,10,12)(H,13,14)(H,15,16);(H,6,7)/t4-,5-;/m0./s1. The van der Waals surface area contributed by atoms with Gasteiger partial charge in [-0.3, -0.25) is 9.59 Å². The van der Waals surface area contributed by atoms with Crippen molar-refractivity contribution < 1.29 is 52.8 Å². The first-order chi connectivity index (χ1) is 10.3. The molecular formula is C10H15F3N2O8. The molecular weight excluding hydrogens is 333 g/mol. The number of amides is 1. The van der Waals surface area contributed by atoms with E-state index in [9.17, 15) is 27.6 Å². The van der Waals surface area contributed by atoms with Crippen LogP contribution in [0.1, 0.15) is 12.8 Å². The highest BCUT2D eigenvalue weighted by molar-refractivity contribution is 5.84. The van der Waals surface area contributed by atoms with E-state index in [1.807, 2.05) is 5.32 Å². The molecule has 134 valence electrons. The summed E-state index contributed by atoms with van der Waals surface area (Å²) in [6.45, 7) is -0.730. The zero-order chi connectivity index (χ0) is 18.8. The van der Waals surface area contributed by atoms with E-state index in [2.05, 4.69) is 0 Å². The van der Waals surface area contributed by atoms with Crippen LogP contribution in [0.4, 0.5) is 13.2 Å². The summed E-state index contributed by atoms with van der Waals surface area (Å²) in [4.78, 5) is 40.7. The first-order valence-electron chi connectivity index (χ1n) is 5.74. The largest absolute Gasteiger partial charge is 0.490 e. The number of carboxylic acids is 3. The Morgan fingerprint density at radius 3 is 1.74 bits per heavy atom. The maximum atomic E-state index is 11.1. The molecule has 0 aliphatic heterocycles. The summed E-state index contributed by atoms with van der Waals surface area (Å²) < 4.78 is 31.7. The third-order valence-corrected chi connectivity index (χ3v) is 2.06. The first kappa shape index (κ1) is 22.9. The van der Waals surface area contributed by atoms with Gasteiger partial charge in [-0.05, 0) is 6.42 Å². The van der Waals surface area contributed by atoms with Gasteiger partial charge in [0, 0.05) is 6.42 Å². The lowest BCUT2D eigenvalue weighted by Crippen LogP contribution is -2.44. The molecule has 0 aromatic carbocycles. The summed E-state index contributed by atoms with van der Waals surface area (Å²) >= 11 is 0. The Morgan fingerprint density at radius 1 is 1.04 bits per heavy atom. The summed E-state index contributed by atoms with van der Waals surface area (Å²) in [6.07, 6.45) is -5.39. The Bertz CT molecular complexity index is 440. The highest BCUT2D eigenvalue weighted by atomic mass is 19.4. The molecule has 0 rings (SSSR count). The molecule has 0 heterocycles. The van der Waals surface area contributed by atoms with E-state index in [0.717, 1.165) is 0 Å². The van der Waals surface area contributed by atoms with E-state index in [-0.39, 0.29) is 12.8 Å². The fourth-order valence-corrected chi connectivity index (χ4v) is 0.862. The number of carbonyl (C=O) groups excluding carboxylic acids is 1. The lowest BCUT2D eigenvalue weighted by molar-refractivity contribution is -0.192. The SMILES string of the molecule is N[C@@H](CCC(=O)N[C@@H](CO)C(=O)O)C(=O)O.O=C(O)C(F)(F)F. The van der Waals surface area contributed by atoms with Crippen molar-refractivity contribution in [1.29, 1.82) is 0 Å². The molecule has 0 aliphatic rings. The second-order valence-corrected chi connectivity index (χ2v) is 3.93. The molecule has 0 bridgehead atoms. The fourth-order valence-electron chi connectivity index (χ4n) is 0.862.